The molecular formula is C11H22O. The molecule has 0 bridgehead atoms. The monoisotopic (exact) mass is 170 g/mol. The van der Waals surface area contributed by atoms with E-state index in [1.165, 1.54) is 0 Å². The van der Waals surface area contributed by atoms with E-state index < -0.39 is 0 Å². The number of aliphatic hydroxyl groups excluding tert-OH is 1. The number of allylic oxidation sites excluding steroid dienone is 1. The zero-order valence-corrected chi connectivity index (χ0v) is 8.59. The van der Waals surface area contributed by atoms with Crippen molar-refractivity contribution < 1.29 is 5.11 Å². The van der Waals surface area contributed by atoms with Crippen LogP contribution >= 0.6 is 0 Å². The highest BCUT2D eigenvalue weighted by Gasteiger charge is 2.12. The summed E-state index contributed by atoms with van der Waals surface area (Å²) < 4.78 is 0. The average Bonchev–Trinajstić information content (AvgIpc) is 2.04. The summed E-state index contributed by atoms with van der Waals surface area (Å²) in [6.45, 7) is 10.6. The SMILES string of the molecule is C=C[C@H](C)CC[C@H](CO)C(C)C. The maximum Gasteiger partial charge on any atom is 0.0461 e. The van der Waals surface area contributed by atoms with Crippen molar-refractivity contribution in [3.05, 3.63) is 12.7 Å². The Labute approximate surface area is 76.5 Å². The van der Waals surface area contributed by atoms with Crippen molar-refractivity contribution in [2.75, 3.05) is 6.61 Å². The molecule has 0 rings (SSSR count). The van der Waals surface area contributed by atoms with Gasteiger partial charge in [-0.2, -0.15) is 0 Å². The van der Waals surface area contributed by atoms with Crippen LogP contribution in [-0.2, 0) is 0 Å². The summed E-state index contributed by atoms with van der Waals surface area (Å²) in [4.78, 5) is 0. The van der Waals surface area contributed by atoms with Crippen LogP contribution in [0.3, 0.4) is 0 Å². The maximum atomic E-state index is 9.06. The van der Waals surface area contributed by atoms with Gasteiger partial charge in [-0.1, -0.05) is 26.8 Å². The van der Waals surface area contributed by atoms with Crippen LogP contribution in [0.5, 0.6) is 0 Å². The third kappa shape index (κ3) is 4.55. The summed E-state index contributed by atoms with van der Waals surface area (Å²) in [5.41, 5.74) is 0. The molecule has 0 saturated carbocycles. The van der Waals surface area contributed by atoms with Gasteiger partial charge >= 0.3 is 0 Å². The number of aliphatic hydroxyl groups is 1. The molecular weight excluding hydrogens is 148 g/mol. The Morgan fingerprint density at radius 2 is 1.83 bits per heavy atom. The fraction of sp³-hybridized carbons (Fsp3) is 0.818. The van der Waals surface area contributed by atoms with Gasteiger partial charge in [0, 0.05) is 6.61 Å². The standard InChI is InChI=1S/C11H22O/c1-5-10(4)6-7-11(8-12)9(2)3/h5,9-12H,1,6-8H2,2-4H3/t10-,11+/m0/s1. The lowest BCUT2D eigenvalue weighted by molar-refractivity contribution is 0.176. The molecule has 0 heterocycles. The Bertz CT molecular complexity index is 118. The normalized spacial score (nSPS) is 16.1. The van der Waals surface area contributed by atoms with Gasteiger partial charge in [-0.05, 0) is 30.6 Å². The van der Waals surface area contributed by atoms with Crippen molar-refractivity contribution in [3.63, 3.8) is 0 Å². The molecule has 0 fully saturated rings. The summed E-state index contributed by atoms with van der Waals surface area (Å²) in [5, 5.41) is 9.06. The van der Waals surface area contributed by atoms with Crippen LogP contribution < -0.4 is 0 Å². The van der Waals surface area contributed by atoms with Crippen LogP contribution in [0.15, 0.2) is 12.7 Å². The topological polar surface area (TPSA) is 20.2 Å². The van der Waals surface area contributed by atoms with Crippen LogP contribution in [0.1, 0.15) is 33.6 Å². The van der Waals surface area contributed by atoms with Crippen LogP contribution in [0.25, 0.3) is 0 Å². The smallest absolute Gasteiger partial charge is 0.0461 e. The molecule has 0 saturated heterocycles. The van der Waals surface area contributed by atoms with Gasteiger partial charge in [0.15, 0.2) is 0 Å². The Balaban J connectivity index is 3.64. The van der Waals surface area contributed by atoms with Crippen LogP contribution in [0, 0.1) is 17.8 Å². The molecule has 0 unspecified atom stereocenters. The molecule has 0 aromatic rings. The molecule has 0 aliphatic carbocycles. The third-order valence-electron chi connectivity index (χ3n) is 2.57. The molecule has 72 valence electrons. The van der Waals surface area contributed by atoms with Crippen molar-refractivity contribution in [2.45, 2.75) is 33.6 Å². The first kappa shape index (κ1) is 11.7. The average molecular weight is 170 g/mol. The van der Waals surface area contributed by atoms with Gasteiger partial charge in [0.1, 0.15) is 0 Å². The summed E-state index contributed by atoms with van der Waals surface area (Å²) in [6.07, 6.45) is 4.24. The molecule has 2 atom stereocenters. The van der Waals surface area contributed by atoms with E-state index in [0.29, 0.717) is 24.4 Å². The minimum Gasteiger partial charge on any atom is -0.396 e. The maximum absolute atomic E-state index is 9.06. The predicted molar refractivity (Wildman–Crippen MR) is 54.0 cm³/mol. The predicted octanol–water partition coefficient (Wildman–Crippen LogP) is 2.85. The van der Waals surface area contributed by atoms with Gasteiger partial charge in [0.25, 0.3) is 0 Å². The minimum atomic E-state index is 0.321. The number of rotatable bonds is 6. The molecule has 1 heteroatoms. The van der Waals surface area contributed by atoms with Crippen molar-refractivity contribution in [1.29, 1.82) is 0 Å². The van der Waals surface area contributed by atoms with E-state index in [4.69, 9.17) is 5.11 Å². The van der Waals surface area contributed by atoms with E-state index in [-0.39, 0.29) is 0 Å². The van der Waals surface area contributed by atoms with E-state index in [9.17, 15) is 0 Å². The van der Waals surface area contributed by atoms with E-state index in [1.54, 1.807) is 0 Å². The van der Waals surface area contributed by atoms with Gasteiger partial charge in [0.05, 0.1) is 0 Å². The first-order chi connectivity index (χ1) is 5.61. The lowest BCUT2D eigenvalue weighted by Crippen LogP contribution is -2.14. The highest BCUT2D eigenvalue weighted by Crippen LogP contribution is 2.19. The van der Waals surface area contributed by atoms with Crippen LogP contribution in [0.4, 0.5) is 0 Å². The van der Waals surface area contributed by atoms with Crippen molar-refractivity contribution in [3.8, 4) is 0 Å². The Kier molecular flexibility index (Phi) is 6.09. The summed E-state index contributed by atoms with van der Waals surface area (Å²) in [5.74, 6) is 1.64. The fourth-order valence-corrected chi connectivity index (χ4v) is 1.23. The molecule has 1 N–H and O–H groups in total. The van der Waals surface area contributed by atoms with Gasteiger partial charge in [0.2, 0.25) is 0 Å². The first-order valence-corrected chi connectivity index (χ1v) is 4.85. The number of hydrogen-bond donors (Lipinski definition) is 1. The second-order valence-corrected chi connectivity index (χ2v) is 3.98. The van der Waals surface area contributed by atoms with E-state index in [1.807, 2.05) is 6.08 Å². The largest absolute Gasteiger partial charge is 0.396 e. The lowest BCUT2D eigenvalue weighted by atomic mass is 9.89. The number of hydrogen-bond acceptors (Lipinski definition) is 1. The van der Waals surface area contributed by atoms with Crippen molar-refractivity contribution in [2.24, 2.45) is 17.8 Å². The molecule has 0 aliphatic heterocycles. The summed E-state index contributed by atoms with van der Waals surface area (Å²) >= 11 is 0. The highest BCUT2D eigenvalue weighted by atomic mass is 16.3. The van der Waals surface area contributed by atoms with E-state index >= 15 is 0 Å². The zero-order chi connectivity index (χ0) is 9.56. The molecule has 0 spiro atoms. The Morgan fingerprint density at radius 3 is 2.17 bits per heavy atom. The second kappa shape index (κ2) is 6.24. The molecule has 0 aromatic carbocycles. The van der Waals surface area contributed by atoms with E-state index in [2.05, 4.69) is 27.4 Å². The zero-order valence-electron chi connectivity index (χ0n) is 8.59. The minimum absolute atomic E-state index is 0.321. The van der Waals surface area contributed by atoms with E-state index in [0.717, 1.165) is 12.8 Å². The molecule has 12 heavy (non-hydrogen) atoms. The molecule has 0 amide bonds. The van der Waals surface area contributed by atoms with Crippen molar-refractivity contribution in [1.82, 2.24) is 0 Å². The first-order valence-electron chi connectivity index (χ1n) is 4.85. The van der Waals surface area contributed by atoms with Gasteiger partial charge in [-0.25, -0.2) is 0 Å². The van der Waals surface area contributed by atoms with Crippen LogP contribution in [-0.4, -0.2) is 11.7 Å². The Hall–Kier alpha value is -0.300. The fourth-order valence-electron chi connectivity index (χ4n) is 1.23. The summed E-state index contributed by atoms with van der Waals surface area (Å²) in [6, 6.07) is 0. The molecule has 0 aromatic heterocycles. The van der Waals surface area contributed by atoms with Gasteiger partial charge < -0.3 is 5.11 Å². The molecule has 1 nitrogen and oxygen atoms in total. The molecule has 0 aliphatic rings. The van der Waals surface area contributed by atoms with Gasteiger partial charge in [-0.15, -0.1) is 6.58 Å². The Morgan fingerprint density at radius 1 is 1.25 bits per heavy atom. The highest BCUT2D eigenvalue weighted by molar-refractivity contribution is 4.76. The van der Waals surface area contributed by atoms with Crippen molar-refractivity contribution >= 4 is 0 Å². The summed E-state index contributed by atoms with van der Waals surface area (Å²) in [7, 11) is 0. The van der Waals surface area contributed by atoms with Gasteiger partial charge in [-0.3, -0.25) is 0 Å². The third-order valence-corrected chi connectivity index (χ3v) is 2.57. The second-order valence-electron chi connectivity index (χ2n) is 3.98. The van der Waals surface area contributed by atoms with Crippen LogP contribution in [0.2, 0.25) is 0 Å². The molecule has 0 radical (unpaired) electrons. The lowest BCUT2D eigenvalue weighted by Gasteiger charge is -2.18. The quantitative estimate of drug-likeness (QED) is 0.608.